The molecule has 0 aliphatic carbocycles. The van der Waals surface area contributed by atoms with E-state index in [-0.39, 0.29) is 17.8 Å². The zero-order valence-electron chi connectivity index (χ0n) is 15.7. The maximum absolute atomic E-state index is 13.7. The van der Waals surface area contributed by atoms with Gasteiger partial charge in [-0.15, -0.1) is 0 Å². The van der Waals surface area contributed by atoms with Gasteiger partial charge in [0.1, 0.15) is 11.6 Å². The number of carbonyl (C=O) groups excluding carboxylic acids is 1. The lowest BCUT2D eigenvalue weighted by molar-refractivity contribution is -0.127. The average molecular weight is 451 g/mol. The average Bonchev–Trinajstić information content (AvgIpc) is 2.70. The summed E-state index contributed by atoms with van der Waals surface area (Å²) in [5.41, 5.74) is 0.837. The monoisotopic (exact) mass is 450 g/mol. The molecule has 1 heterocycles. The molecule has 2 atom stereocenters. The van der Waals surface area contributed by atoms with Crippen molar-refractivity contribution < 1.29 is 18.7 Å². The Kier molecular flexibility index (Phi) is 7.42. The summed E-state index contributed by atoms with van der Waals surface area (Å²) in [7, 11) is 0. The number of rotatable bonds is 7. The van der Waals surface area contributed by atoms with E-state index in [4.69, 9.17) is 9.47 Å². The Morgan fingerprint density at radius 2 is 1.96 bits per heavy atom. The molecule has 1 aliphatic rings. The molecule has 2 aromatic rings. The third-order valence-electron chi connectivity index (χ3n) is 4.69. The fourth-order valence-corrected chi connectivity index (χ4v) is 3.44. The SMILES string of the molecule is CC(Oc1ccc(Br)cc1)C(=O)NCC(c1cccc(F)c1)N1CCOCC1. The molecule has 1 amide bonds. The molecule has 1 saturated heterocycles. The van der Waals surface area contributed by atoms with Crippen molar-refractivity contribution in [3.63, 3.8) is 0 Å². The molecule has 1 N–H and O–H groups in total. The summed E-state index contributed by atoms with van der Waals surface area (Å²) >= 11 is 3.37. The molecule has 0 saturated carbocycles. The van der Waals surface area contributed by atoms with Gasteiger partial charge in [0.25, 0.3) is 5.91 Å². The van der Waals surface area contributed by atoms with Crippen LogP contribution in [0.2, 0.25) is 0 Å². The van der Waals surface area contributed by atoms with Gasteiger partial charge in [-0.1, -0.05) is 28.1 Å². The number of hydrogen-bond donors (Lipinski definition) is 1. The van der Waals surface area contributed by atoms with Crippen LogP contribution in [0.1, 0.15) is 18.5 Å². The van der Waals surface area contributed by atoms with E-state index in [9.17, 15) is 9.18 Å². The molecular formula is C21H24BrFN2O3. The summed E-state index contributed by atoms with van der Waals surface area (Å²) in [6.45, 7) is 4.81. The molecular weight excluding hydrogens is 427 g/mol. The zero-order chi connectivity index (χ0) is 19.9. The number of nitrogens with one attached hydrogen (secondary N) is 1. The molecule has 0 radical (unpaired) electrons. The van der Waals surface area contributed by atoms with Crippen LogP contribution in [0, 0.1) is 5.82 Å². The van der Waals surface area contributed by atoms with Crippen LogP contribution in [0.15, 0.2) is 53.0 Å². The van der Waals surface area contributed by atoms with Crippen molar-refractivity contribution >= 4 is 21.8 Å². The fourth-order valence-electron chi connectivity index (χ4n) is 3.17. The Morgan fingerprint density at radius 3 is 2.64 bits per heavy atom. The van der Waals surface area contributed by atoms with Gasteiger partial charge in [0.15, 0.2) is 6.10 Å². The van der Waals surface area contributed by atoms with Crippen molar-refractivity contribution in [3.8, 4) is 5.75 Å². The molecule has 3 rings (SSSR count). The van der Waals surface area contributed by atoms with E-state index >= 15 is 0 Å². The van der Waals surface area contributed by atoms with Crippen LogP contribution in [0.25, 0.3) is 0 Å². The number of carbonyl (C=O) groups is 1. The van der Waals surface area contributed by atoms with Gasteiger partial charge in [-0.2, -0.15) is 0 Å². The number of morpholine rings is 1. The van der Waals surface area contributed by atoms with E-state index < -0.39 is 6.10 Å². The van der Waals surface area contributed by atoms with Gasteiger partial charge >= 0.3 is 0 Å². The van der Waals surface area contributed by atoms with E-state index in [2.05, 4.69) is 26.1 Å². The molecule has 28 heavy (non-hydrogen) atoms. The first-order chi connectivity index (χ1) is 13.5. The number of ether oxygens (including phenoxy) is 2. The summed E-state index contributed by atoms with van der Waals surface area (Å²) in [6, 6.07) is 13.7. The van der Waals surface area contributed by atoms with Crippen LogP contribution in [0.3, 0.4) is 0 Å². The van der Waals surface area contributed by atoms with E-state index in [1.807, 2.05) is 18.2 Å². The number of halogens is 2. The summed E-state index contributed by atoms with van der Waals surface area (Å²) in [6.07, 6.45) is -0.640. The van der Waals surface area contributed by atoms with Crippen LogP contribution in [0.5, 0.6) is 5.75 Å². The van der Waals surface area contributed by atoms with Crippen molar-refractivity contribution in [1.29, 1.82) is 0 Å². The molecule has 7 heteroatoms. The van der Waals surface area contributed by atoms with Gasteiger partial charge in [-0.05, 0) is 48.9 Å². The number of nitrogens with zero attached hydrogens (tertiary/aromatic N) is 1. The summed E-state index contributed by atoms with van der Waals surface area (Å²) < 4.78 is 25.8. The van der Waals surface area contributed by atoms with Gasteiger partial charge < -0.3 is 14.8 Å². The fraction of sp³-hybridized carbons (Fsp3) is 0.381. The minimum absolute atomic E-state index is 0.122. The number of amides is 1. The Balaban J connectivity index is 1.63. The van der Waals surface area contributed by atoms with E-state index in [0.717, 1.165) is 23.1 Å². The van der Waals surface area contributed by atoms with Gasteiger partial charge in [0.2, 0.25) is 0 Å². The Hall–Kier alpha value is -1.96. The van der Waals surface area contributed by atoms with Gasteiger partial charge in [-0.25, -0.2) is 4.39 Å². The van der Waals surface area contributed by atoms with Gasteiger partial charge in [0.05, 0.1) is 19.3 Å². The summed E-state index contributed by atoms with van der Waals surface area (Å²) in [5, 5.41) is 2.95. The predicted molar refractivity (Wildman–Crippen MR) is 109 cm³/mol. The van der Waals surface area contributed by atoms with Crippen LogP contribution in [-0.4, -0.2) is 49.8 Å². The standard InChI is InChI=1S/C21H24BrFN2O3/c1-15(28-19-7-5-17(22)6-8-19)21(26)24-14-20(25-9-11-27-12-10-25)16-3-2-4-18(23)13-16/h2-8,13,15,20H,9-12,14H2,1H3,(H,24,26). The second-order valence-electron chi connectivity index (χ2n) is 6.68. The Labute approximate surface area is 172 Å². The molecule has 0 aromatic heterocycles. The number of benzene rings is 2. The molecule has 5 nitrogen and oxygen atoms in total. The Bertz CT molecular complexity index is 781. The minimum Gasteiger partial charge on any atom is -0.481 e. The molecule has 1 fully saturated rings. The smallest absolute Gasteiger partial charge is 0.260 e. The Morgan fingerprint density at radius 1 is 1.25 bits per heavy atom. The van der Waals surface area contributed by atoms with Crippen molar-refractivity contribution in [3.05, 3.63) is 64.4 Å². The highest BCUT2D eigenvalue weighted by Crippen LogP contribution is 2.22. The van der Waals surface area contributed by atoms with Crippen molar-refractivity contribution in [1.82, 2.24) is 10.2 Å². The van der Waals surface area contributed by atoms with Crippen LogP contribution in [0.4, 0.5) is 4.39 Å². The predicted octanol–water partition coefficient (Wildman–Crippen LogP) is 3.55. The van der Waals surface area contributed by atoms with Crippen molar-refractivity contribution in [2.45, 2.75) is 19.1 Å². The molecule has 0 bridgehead atoms. The van der Waals surface area contributed by atoms with Crippen molar-refractivity contribution in [2.75, 3.05) is 32.8 Å². The molecule has 2 unspecified atom stereocenters. The minimum atomic E-state index is -0.640. The second kappa shape index (κ2) is 10.0. The van der Waals surface area contributed by atoms with Crippen LogP contribution in [-0.2, 0) is 9.53 Å². The van der Waals surface area contributed by atoms with Crippen LogP contribution < -0.4 is 10.1 Å². The van der Waals surface area contributed by atoms with E-state index in [0.29, 0.717) is 25.5 Å². The first kappa shape index (κ1) is 20.8. The maximum Gasteiger partial charge on any atom is 0.260 e. The quantitative estimate of drug-likeness (QED) is 0.700. The van der Waals surface area contributed by atoms with E-state index in [1.165, 1.54) is 12.1 Å². The second-order valence-corrected chi connectivity index (χ2v) is 7.59. The number of hydrogen-bond acceptors (Lipinski definition) is 4. The largest absolute Gasteiger partial charge is 0.481 e. The summed E-state index contributed by atoms with van der Waals surface area (Å²) in [4.78, 5) is 14.7. The highest BCUT2D eigenvalue weighted by atomic mass is 79.9. The lowest BCUT2D eigenvalue weighted by Gasteiger charge is -2.35. The van der Waals surface area contributed by atoms with Crippen LogP contribution >= 0.6 is 15.9 Å². The highest BCUT2D eigenvalue weighted by molar-refractivity contribution is 9.10. The first-order valence-electron chi connectivity index (χ1n) is 9.30. The molecule has 0 spiro atoms. The molecule has 2 aromatic carbocycles. The molecule has 1 aliphatic heterocycles. The topological polar surface area (TPSA) is 50.8 Å². The third kappa shape index (κ3) is 5.77. The first-order valence-corrected chi connectivity index (χ1v) is 10.1. The van der Waals surface area contributed by atoms with Gasteiger partial charge in [-0.3, -0.25) is 9.69 Å². The summed E-state index contributed by atoms with van der Waals surface area (Å²) in [5.74, 6) is 0.132. The maximum atomic E-state index is 13.7. The highest BCUT2D eigenvalue weighted by Gasteiger charge is 2.25. The van der Waals surface area contributed by atoms with Crippen molar-refractivity contribution in [2.24, 2.45) is 0 Å². The van der Waals surface area contributed by atoms with Gasteiger partial charge in [0, 0.05) is 24.1 Å². The zero-order valence-corrected chi connectivity index (χ0v) is 17.3. The third-order valence-corrected chi connectivity index (χ3v) is 5.21. The lowest BCUT2D eigenvalue weighted by atomic mass is 10.0. The normalized spacial score (nSPS) is 17.0. The lowest BCUT2D eigenvalue weighted by Crippen LogP contribution is -2.45. The molecule has 150 valence electrons. The van der Waals surface area contributed by atoms with E-state index in [1.54, 1.807) is 25.1 Å².